The zero-order valence-corrected chi connectivity index (χ0v) is 11.4. The molecule has 1 aromatic heterocycles. The van der Waals surface area contributed by atoms with Gasteiger partial charge in [-0.25, -0.2) is 9.78 Å². The van der Waals surface area contributed by atoms with E-state index in [0.717, 1.165) is 11.3 Å². The third kappa shape index (κ3) is 2.29. The first-order valence-corrected chi connectivity index (χ1v) is 6.36. The molecule has 0 aliphatic carbocycles. The number of hydrogen-bond acceptors (Lipinski definition) is 4. The smallest absolute Gasteiger partial charge is 0.347 e. The molecule has 0 saturated carbocycles. The van der Waals surface area contributed by atoms with Crippen LogP contribution in [0.3, 0.4) is 0 Å². The highest BCUT2D eigenvalue weighted by molar-refractivity contribution is 7.17. The van der Waals surface area contributed by atoms with E-state index in [2.05, 4.69) is 4.98 Å². The number of aromatic carboxylic acids is 1. The molecule has 18 heavy (non-hydrogen) atoms. The monoisotopic (exact) mass is 303 g/mol. The van der Waals surface area contributed by atoms with Crippen molar-refractivity contribution in [3.05, 3.63) is 32.7 Å². The molecule has 0 radical (unpaired) electrons. The second kappa shape index (κ2) is 4.76. The molecule has 4 nitrogen and oxygen atoms in total. The third-order valence-corrected chi connectivity index (χ3v) is 4.03. The van der Waals surface area contributed by atoms with Gasteiger partial charge in [0.2, 0.25) is 0 Å². The van der Waals surface area contributed by atoms with Gasteiger partial charge in [-0.3, -0.25) is 0 Å². The summed E-state index contributed by atoms with van der Waals surface area (Å²) in [4.78, 5) is 15.3. The average molecular weight is 304 g/mol. The fourth-order valence-electron chi connectivity index (χ4n) is 1.41. The Morgan fingerprint density at radius 3 is 2.33 bits per heavy atom. The minimum atomic E-state index is -1.02. The number of benzene rings is 1. The molecule has 0 aliphatic heterocycles. The van der Waals surface area contributed by atoms with E-state index in [9.17, 15) is 9.90 Å². The van der Waals surface area contributed by atoms with E-state index in [1.807, 2.05) is 0 Å². The number of aromatic nitrogens is 1. The van der Waals surface area contributed by atoms with Gasteiger partial charge in [-0.15, -0.1) is 11.3 Å². The van der Waals surface area contributed by atoms with E-state index in [4.69, 9.17) is 28.3 Å². The number of nitrogens with zero attached hydrogens (tertiary/aromatic N) is 1. The van der Waals surface area contributed by atoms with E-state index < -0.39 is 5.97 Å². The third-order valence-electron chi connectivity index (χ3n) is 2.25. The zero-order chi connectivity index (χ0) is 13.4. The quantitative estimate of drug-likeness (QED) is 0.884. The SMILES string of the molecule is Cc1nc(-c2cc(Cl)c(O)c(Cl)c2)sc1C(=O)O. The number of carboxylic acid groups (broad SMARTS) is 1. The highest BCUT2D eigenvalue weighted by Crippen LogP contribution is 2.38. The first kappa shape index (κ1) is 13.1. The van der Waals surface area contributed by atoms with Crippen molar-refractivity contribution >= 4 is 40.5 Å². The fourth-order valence-corrected chi connectivity index (χ4v) is 2.79. The van der Waals surface area contributed by atoms with Crippen molar-refractivity contribution in [3.8, 4) is 16.3 Å². The number of thiazole rings is 1. The number of phenols is 1. The predicted octanol–water partition coefficient (Wildman–Crippen LogP) is 3.83. The van der Waals surface area contributed by atoms with Crippen LogP contribution in [0, 0.1) is 6.92 Å². The molecule has 2 rings (SSSR count). The Bertz CT molecular complexity index is 616. The molecule has 7 heteroatoms. The van der Waals surface area contributed by atoms with Crippen LogP contribution in [0.1, 0.15) is 15.4 Å². The second-order valence-electron chi connectivity index (χ2n) is 3.53. The minimum absolute atomic E-state index is 0.0993. The molecule has 94 valence electrons. The van der Waals surface area contributed by atoms with Crippen LogP contribution < -0.4 is 0 Å². The van der Waals surface area contributed by atoms with Gasteiger partial charge in [-0.2, -0.15) is 0 Å². The normalized spacial score (nSPS) is 10.6. The Labute approximate surface area is 116 Å². The van der Waals surface area contributed by atoms with Crippen LogP contribution in [-0.2, 0) is 0 Å². The molecular weight excluding hydrogens is 297 g/mol. The number of halogens is 2. The summed E-state index contributed by atoms with van der Waals surface area (Å²) in [7, 11) is 0. The van der Waals surface area contributed by atoms with Crippen molar-refractivity contribution in [2.45, 2.75) is 6.92 Å². The fraction of sp³-hybridized carbons (Fsp3) is 0.0909. The van der Waals surface area contributed by atoms with E-state index in [0.29, 0.717) is 16.3 Å². The molecule has 0 bridgehead atoms. The summed E-state index contributed by atoms with van der Waals surface area (Å²) < 4.78 is 0. The van der Waals surface area contributed by atoms with Crippen LogP contribution in [0.5, 0.6) is 5.75 Å². The van der Waals surface area contributed by atoms with Crippen LogP contribution >= 0.6 is 34.5 Å². The van der Waals surface area contributed by atoms with E-state index in [1.54, 1.807) is 6.92 Å². The number of carbonyl (C=O) groups is 1. The molecule has 0 aliphatic rings. The minimum Gasteiger partial charge on any atom is -0.505 e. The molecule has 1 aromatic carbocycles. The van der Waals surface area contributed by atoms with Gasteiger partial charge in [0.05, 0.1) is 15.7 Å². The standard InChI is InChI=1S/C11H7Cl2NO3S/c1-4-9(11(16)17)18-10(14-4)5-2-6(12)8(15)7(13)3-5/h2-3,15H,1H3,(H,16,17). The van der Waals surface area contributed by atoms with Gasteiger partial charge in [0.15, 0.2) is 5.75 Å². The lowest BCUT2D eigenvalue weighted by atomic mass is 10.2. The molecule has 2 N–H and O–H groups in total. The Morgan fingerprint density at radius 1 is 1.33 bits per heavy atom. The average Bonchev–Trinajstić information content (AvgIpc) is 2.67. The van der Waals surface area contributed by atoms with E-state index >= 15 is 0 Å². The Balaban J connectivity index is 2.56. The number of aryl methyl sites for hydroxylation is 1. The molecule has 0 atom stereocenters. The molecule has 2 aromatic rings. The van der Waals surface area contributed by atoms with Crippen molar-refractivity contribution in [1.82, 2.24) is 4.98 Å². The Kier molecular flexibility index (Phi) is 3.47. The molecule has 0 saturated heterocycles. The molecule has 0 amide bonds. The lowest BCUT2D eigenvalue weighted by Crippen LogP contribution is -1.94. The van der Waals surface area contributed by atoms with Crippen molar-refractivity contribution in [2.24, 2.45) is 0 Å². The number of phenolic OH excluding ortho intramolecular Hbond substituents is 1. The van der Waals surface area contributed by atoms with E-state index in [1.165, 1.54) is 12.1 Å². The Hall–Kier alpha value is -1.30. The van der Waals surface area contributed by atoms with Gasteiger partial charge in [-0.1, -0.05) is 23.2 Å². The topological polar surface area (TPSA) is 70.4 Å². The van der Waals surface area contributed by atoms with E-state index in [-0.39, 0.29) is 20.7 Å². The first-order chi connectivity index (χ1) is 8.40. The van der Waals surface area contributed by atoms with Gasteiger partial charge < -0.3 is 10.2 Å². The maximum absolute atomic E-state index is 10.9. The largest absolute Gasteiger partial charge is 0.505 e. The molecule has 0 spiro atoms. The number of carboxylic acids is 1. The number of aromatic hydroxyl groups is 1. The Morgan fingerprint density at radius 2 is 1.89 bits per heavy atom. The van der Waals surface area contributed by atoms with Gasteiger partial charge >= 0.3 is 5.97 Å². The van der Waals surface area contributed by atoms with Gasteiger partial charge in [0, 0.05) is 5.56 Å². The first-order valence-electron chi connectivity index (χ1n) is 4.79. The van der Waals surface area contributed by atoms with Crippen LogP contribution in [0.4, 0.5) is 0 Å². The predicted molar refractivity (Wildman–Crippen MR) is 70.9 cm³/mol. The highest BCUT2D eigenvalue weighted by atomic mass is 35.5. The maximum Gasteiger partial charge on any atom is 0.347 e. The van der Waals surface area contributed by atoms with Crippen molar-refractivity contribution < 1.29 is 15.0 Å². The summed E-state index contributed by atoms with van der Waals surface area (Å²) in [5.41, 5.74) is 1.01. The van der Waals surface area contributed by atoms with Gasteiger partial charge in [0.1, 0.15) is 9.88 Å². The summed E-state index contributed by atoms with van der Waals surface area (Å²) in [6, 6.07) is 2.99. The summed E-state index contributed by atoms with van der Waals surface area (Å²) in [5, 5.41) is 19.1. The summed E-state index contributed by atoms with van der Waals surface area (Å²) in [5.74, 6) is -1.22. The van der Waals surface area contributed by atoms with Crippen LogP contribution in [0.2, 0.25) is 10.0 Å². The summed E-state index contributed by atoms with van der Waals surface area (Å²) in [6.45, 7) is 1.62. The van der Waals surface area contributed by atoms with Crippen molar-refractivity contribution in [2.75, 3.05) is 0 Å². The summed E-state index contributed by atoms with van der Waals surface area (Å²) in [6.07, 6.45) is 0. The number of rotatable bonds is 2. The lowest BCUT2D eigenvalue weighted by molar-refractivity contribution is 0.0701. The van der Waals surface area contributed by atoms with Gasteiger partial charge in [-0.05, 0) is 19.1 Å². The van der Waals surface area contributed by atoms with Crippen molar-refractivity contribution in [3.63, 3.8) is 0 Å². The zero-order valence-electron chi connectivity index (χ0n) is 9.07. The molecule has 0 fully saturated rings. The van der Waals surface area contributed by atoms with Crippen LogP contribution in [-0.4, -0.2) is 21.2 Å². The summed E-state index contributed by atoms with van der Waals surface area (Å²) >= 11 is 12.6. The molecule has 0 unspecified atom stereocenters. The second-order valence-corrected chi connectivity index (χ2v) is 5.34. The van der Waals surface area contributed by atoms with Crippen LogP contribution in [0.15, 0.2) is 12.1 Å². The molecule has 1 heterocycles. The lowest BCUT2D eigenvalue weighted by Gasteiger charge is -2.02. The van der Waals surface area contributed by atoms with Crippen LogP contribution in [0.25, 0.3) is 10.6 Å². The maximum atomic E-state index is 10.9. The van der Waals surface area contributed by atoms with Crippen molar-refractivity contribution in [1.29, 1.82) is 0 Å². The van der Waals surface area contributed by atoms with Gasteiger partial charge in [0.25, 0.3) is 0 Å². The molecular formula is C11H7Cl2NO3S. The number of hydrogen-bond donors (Lipinski definition) is 2. The highest BCUT2D eigenvalue weighted by Gasteiger charge is 2.16.